The van der Waals surface area contributed by atoms with Gasteiger partial charge < -0.3 is 5.32 Å². The quantitative estimate of drug-likeness (QED) is 0.868. The number of amidine groups is 1. The zero-order valence-electron chi connectivity index (χ0n) is 12.2. The molecule has 1 aromatic heterocycles. The number of aliphatic imine (C=N–C) groups is 1. The van der Waals surface area contributed by atoms with Crippen LogP contribution in [0.3, 0.4) is 0 Å². The highest BCUT2D eigenvalue weighted by Crippen LogP contribution is 2.35. The fraction of sp³-hybridized carbons (Fsp3) is 0.375. The van der Waals surface area contributed by atoms with E-state index in [2.05, 4.69) is 24.1 Å². The number of hydrogen-bond acceptors (Lipinski definition) is 4. The Labute approximate surface area is 134 Å². The molecule has 1 aromatic carbocycles. The molecule has 0 saturated carbocycles. The van der Waals surface area contributed by atoms with Crippen LogP contribution in [0.15, 0.2) is 35.5 Å². The third-order valence-electron chi connectivity index (χ3n) is 4.09. The van der Waals surface area contributed by atoms with Crippen LogP contribution < -0.4 is 5.32 Å². The van der Waals surface area contributed by atoms with Crippen molar-refractivity contribution < 1.29 is 0 Å². The first-order valence-corrected chi connectivity index (χ1v) is 8.57. The van der Waals surface area contributed by atoms with Crippen molar-refractivity contribution in [2.45, 2.75) is 32.2 Å². The number of nitrogens with one attached hydrogen (secondary N) is 1. The summed E-state index contributed by atoms with van der Waals surface area (Å²) in [6, 6.07) is 7.76. The van der Waals surface area contributed by atoms with E-state index in [-0.39, 0.29) is 5.54 Å². The highest BCUT2D eigenvalue weighted by Gasteiger charge is 2.32. The largest absolute Gasteiger partial charge is 0.333 e. The maximum Gasteiger partial charge on any atom is 0.161 e. The van der Waals surface area contributed by atoms with Gasteiger partial charge in [0, 0.05) is 17.3 Å². The Balaban J connectivity index is 1.95. The van der Waals surface area contributed by atoms with Crippen LogP contribution in [0.2, 0.25) is 5.02 Å². The molecule has 2 heterocycles. The van der Waals surface area contributed by atoms with Crippen molar-refractivity contribution in [3.63, 3.8) is 0 Å². The van der Waals surface area contributed by atoms with E-state index in [4.69, 9.17) is 16.6 Å². The van der Waals surface area contributed by atoms with Crippen LogP contribution in [-0.2, 0) is 0 Å². The van der Waals surface area contributed by atoms with Crippen molar-refractivity contribution in [1.29, 1.82) is 0 Å². The van der Waals surface area contributed by atoms with Crippen molar-refractivity contribution in [1.82, 2.24) is 4.98 Å². The zero-order chi connectivity index (χ0) is 14.9. The minimum Gasteiger partial charge on any atom is -0.333 e. The van der Waals surface area contributed by atoms with Gasteiger partial charge >= 0.3 is 0 Å². The second-order valence-electron chi connectivity index (χ2n) is 5.26. The molecule has 0 aliphatic carbocycles. The lowest BCUT2D eigenvalue weighted by molar-refractivity contribution is 0.456. The molecule has 0 atom stereocenters. The molecule has 0 bridgehead atoms. The van der Waals surface area contributed by atoms with Crippen molar-refractivity contribution in [2.24, 2.45) is 4.99 Å². The van der Waals surface area contributed by atoms with E-state index < -0.39 is 0 Å². The first kappa shape index (κ1) is 14.7. The van der Waals surface area contributed by atoms with Crippen LogP contribution in [0.4, 0.5) is 5.69 Å². The van der Waals surface area contributed by atoms with Crippen molar-refractivity contribution in [3.8, 4) is 0 Å². The van der Waals surface area contributed by atoms with Crippen molar-refractivity contribution >= 4 is 45.1 Å². The van der Waals surface area contributed by atoms with Gasteiger partial charge in [-0.05, 0) is 37.1 Å². The standard InChI is InChI=1S/C16H18ClN3S/c1-3-16(4-2)10-21-15(20-16)19-13-8-7-12(17)11-6-5-9-18-14(11)13/h5-9H,3-4,10H2,1-2H3,(H,19,20). The Morgan fingerprint density at radius 2 is 2.10 bits per heavy atom. The highest BCUT2D eigenvalue weighted by atomic mass is 35.5. The molecule has 110 valence electrons. The molecule has 3 rings (SSSR count). The third-order valence-corrected chi connectivity index (χ3v) is 5.57. The molecule has 2 aromatic rings. The van der Waals surface area contributed by atoms with Crippen LogP contribution >= 0.6 is 23.4 Å². The highest BCUT2D eigenvalue weighted by molar-refractivity contribution is 8.14. The molecule has 0 fully saturated rings. The van der Waals surface area contributed by atoms with E-state index in [1.807, 2.05) is 24.3 Å². The average Bonchev–Trinajstić information content (AvgIpc) is 2.94. The van der Waals surface area contributed by atoms with Crippen LogP contribution in [0.5, 0.6) is 0 Å². The molecule has 21 heavy (non-hydrogen) atoms. The Morgan fingerprint density at radius 3 is 2.81 bits per heavy atom. The van der Waals surface area contributed by atoms with E-state index in [1.165, 1.54) is 0 Å². The molecule has 0 spiro atoms. The topological polar surface area (TPSA) is 37.3 Å². The van der Waals surface area contributed by atoms with Gasteiger partial charge in [0.05, 0.1) is 21.8 Å². The molecule has 0 unspecified atom stereocenters. The lowest BCUT2D eigenvalue weighted by atomic mass is 9.97. The number of thioether (sulfide) groups is 1. The number of anilines is 1. The van der Waals surface area contributed by atoms with E-state index in [1.54, 1.807) is 18.0 Å². The van der Waals surface area contributed by atoms with Crippen LogP contribution in [0, 0.1) is 0 Å². The van der Waals surface area contributed by atoms with E-state index >= 15 is 0 Å². The summed E-state index contributed by atoms with van der Waals surface area (Å²) in [5, 5.41) is 6.09. The minimum absolute atomic E-state index is 0.0860. The summed E-state index contributed by atoms with van der Waals surface area (Å²) in [6.07, 6.45) is 3.93. The molecular formula is C16H18ClN3S. The zero-order valence-corrected chi connectivity index (χ0v) is 13.8. The van der Waals surface area contributed by atoms with E-state index in [0.29, 0.717) is 0 Å². The summed E-state index contributed by atoms with van der Waals surface area (Å²) in [5.41, 5.74) is 1.94. The summed E-state index contributed by atoms with van der Waals surface area (Å²) in [6.45, 7) is 4.41. The summed E-state index contributed by atoms with van der Waals surface area (Å²) < 4.78 is 0. The number of benzene rings is 1. The molecule has 0 radical (unpaired) electrons. The van der Waals surface area contributed by atoms with Crippen LogP contribution in [0.25, 0.3) is 10.9 Å². The molecule has 0 saturated heterocycles. The van der Waals surface area contributed by atoms with Gasteiger partial charge in [-0.1, -0.05) is 37.2 Å². The van der Waals surface area contributed by atoms with Gasteiger partial charge in [0.25, 0.3) is 0 Å². The average molecular weight is 320 g/mol. The van der Waals surface area contributed by atoms with Gasteiger partial charge in [-0.25, -0.2) is 0 Å². The minimum atomic E-state index is 0.0860. The Bertz CT molecular complexity index is 695. The fourth-order valence-corrected chi connectivity index (χ4v) is 4.05. The second kappa shape index (κ2) is 5.85. The number of nitrogens with zero attached hydrogens (tertiary/aromatic N) is 2. The van der Waals surface area contributed by atoms with Gasteiger partial charge in [0.2, 0.25) is 0 Å². The normalized spacial score (nSPS) is 17.0. The van der Waals surface area contributed by atoms with Gasteiger partial charge in [0.1, 0.15) is 0 Å². The summed E-state index contributed by atoms with van der Waals surface area (Å²) >= 11 is 8.02. The predicted octanol–water partition coefficient (Wildman–Crippen LogP) is 4.96. The monoisotopic (exact) mass is 319 g/mol. The Kier molecular flexibility index (Phi) is 4.09. The summed E-state index contributed by atoms with van der Waals surface area (Å²) in [4.78, 5) is 9.34. The smallest absolute Gasteiger partial charge is 0.161 e. The number of pyridine rings is 1. The molecule has 1 aliphatic heterocycles. The summed E-state index contributed by atoms with van der Waals surface area (Å²) in [7, 11) is 0. The van der Waals surface area contributed by atoms with Crippen LogP contribution in [0.1, 0.15) is 26.7 Å². The predicted molar refractivity (Wildman–Crippen MR) is 93.6 cm³/mol. The fourth-order valence-electron chi connectivity index (χ4n) is 2.51. The van der Waals surface area contributed by atoms with Gasteiger partial charge in [-0.15, -0.1) is 0 Å². The van der Waals surface area contributed by atoms with E-state index in [9.17, 15) is 0 Å². The van der Waals surface area contributed by atoms with Crippen molar-refractivity contribution in [2.75, 3.05) is 11.1 Å². The first-order chi connectivity index (χ1) is 10.2. The number of aromatic nitrogens is 1. The number of rotatable bonds is 3. The lowest BCUT2D eigenvalue weighted by Crippen LogP contribution is -2.24. The molecule has 5 heteroatoms. The maximum atomic E-state index is 6.23. The molecular weight excluding hydrogens is 302 g/mol. The maximum absolute atomic E-state index is 6.23. The Morgan fingerprint density at radius 1 is 1.29 bits per heavy atom. The van der Waals surface area contributed by atoms with Gasteiger partial charge in [-0.2, -0.15) is 0 Å². The summed E-state index contributed by atoms with van der Waals surface area (Å²) in [5.74, 6) is 1.04. The number of fused-ring (bicyclic) bond motifs is 1. The second-order valence-corrected chi connectivity index (χ2v) is 6.63. The molecule has 0 amide bonds. The first-order valence-electron chi connectivity index (χ1n) is 7.20. The lowest BCUT2D eigenvalue weighted by Gasteiger charge is -2.20. The number of hydrogen-bond donors (Lipinski definition) is 1. The van der Waals surface area contributed by atoms with Crippen molar-refractivity contribution in [3.05, 3.63) is 35.5 Å². The van der Waals surface area contributed by atoms with Gasteiger partial charge in [0.15, 0.2) is 5.17 Å². The van der Waals surface area contributed by atoms with Gasteiger partial charge in [-0.3, -0.25) is 9.98 Å². The molecule has 3 nitrogen and oxygen atoms in total. The third kappa shape index (κ3) is 2.74. The SMILES string of the molecule is CCC1(CC)CSC(Nc2ccc(Cl)c3cccnc23)=N1. The van der Waals surface area contributed by atoms with Crippen LogP contribution in [-0.4, -0.2) is 21.4 Å². The molecule has 1 aliphatic rings. The van der Waals surface area contributed by atoms with E-state index in [0.717, 1.165) is 45.4 Å². The Hall–Kier alpha value is -1.26. The number of halogens is 1. The molecule has 1 N–H and O–H groups in total.